The first-order valence-electron chi connectivity index (χ1n) is 9.24. The first-order valence-corrected chi connectivity index (χ1v) is 10.1. The molecule has 5 aromatic rings. The minimum atomic E-state index is 0.604. The van der Waals surface area contributed by atoms with Gasteiger partial charge in [0.1, 0.15) is 0 Å². The zero-order valence-corrected chi connectivity index (χ0v) is 15.7. The highest BCUT2D eigenvalue weighted by molar-refractivity contribution is 7.19. The average molecular weight is 367 g/mol. The number of benzene rings is 1. The third-order valence-electron chi connectivity index (χ3n) is 5.49. The van der Waals surface area contributed by atoms with Crippen molar-refractivity contribution in [1.82, 2.24) is 15.0 Å². The average Bonchev–Trinajstić information content (AvgIpc) is 3.25. The second-order valence-electron chi connectivity index (χ2n) is 7.27. The number of rotatable bonds is 1. The van der Waals surface area contributed by atoms with Crippen LogP contribution in [0.15, 0.2) is 54.9 Å². The van der Waals surface area contributed by atoms with Crippen molar-refractivity contribution in [3.05, 3.63) is 65.3 Å². The molecule has 0 spiro atoms. The zero-order valence-electron chi connectivity index (χ0n) is 14.9. The first kappa shape index (κ1) is 15.1. The van der Waals surface area contributed by atoms with E-state index in [-0.39, 0.29) is 0 Å². The van der Waals surface area contributed by atoms with E-state index in [1.54, 1.807) is 6.20 Å². The molecule has 27 heavy (non-hydrogen) atoms. The Morgan fingerprint density at radius 1 is 1.11 bits per heavy atom. The van der Waals surface area contributed by atoms with Gasteiger partial charge >= 0.3 is 0 Å². The summed E-state index contributed by atoms with van der Waals surface area (Å²) in [6, 6.07) is 12.8. The van der Waals surface area contributed by atoms with Gasteiger partial charge in [0, 0.05) is 43.8 Å². The van der Waals surface area contributed by atoms with Crippen molar-refractivity contribution in [3.63, 3.8) is 0 Å². The van der Waals surface area contributed by atoms with Gasteiger partial charge in [-0.05, 0) is 54.3 Å². The van der Waals surface area contributed by atoms with Crippen molar-refractivity contribution in [2.75, 3.05) is 0 Å². The molecule has 1 N–H and O–H groups in total. The van der Waals surface area contributed by atoms with Crippen LogP contribution < -0.4 is 0 Å². The minimum absolute atomic E-state index is 0.604. The second kappa shape index (κ2) is 5.51. The lowest BCUT2D eigenvalue weighted by Gasteiger charge is -2.12. The number of nitrogens with one attached hydrogen (secondary N) is 1. The Hall–Kier alpha value is -2.98. The van der Waals surface area contributed by atoms with E-state index in [1.807, 2.05) is 23.6 Å². The van der Waals surface area contributed by atoms with E-state index >= 15 is 0 Å². The normalized spacial score (nSPS) is 16.4. The van der Waals surface area contributed by atoms with E-state index in [4.69, 9.17) is 4.98 Å². The molecule has 4 heterocycles. The van der Waals surface area contributed by atoms with Crippen LogP contribution in [-0.4, -0.2) is 15.0 Å². The van der Waals surface area contributed by atoms with E-state index < -0.39 is 0 Å². The molecule has 0 radical (unpaired) electrons. The second-order valence-corrected chi connectivity index (χ2v) is 8.36. The summed E-state index contributed by atoms with van der Waals surface area (Å²) in [7, 11) is 0. The fraction of sp³-hybridized carbons (Fsp3) is 0.130. The maximum absolute atomic E-state index is 4.97. The molecule has 130 valence electrons. The molecule has 4 aromatic heterocycles. The lowest BCUT2D eigenvalue weighted by molar-refractivity contribution is 0.791. The van der Waals surface area contributed by atoms with E-state index in [0.29, 0.717) is 5.92 Å². The van der Waals surface area contributed by atoms with Gasteiger partial charge in [-0.3, -0.25) is 4.98 Å². The maximum Gasteiger partial charge on any atom is 0.0965 e. The molecule has 1 aliphatic rings. The Kier molecular flexibility index (Phi) is 3.08. The van der Waals surface area contributed by atoms with Crippen LogP contribution in [0, 0.1) is 0 Å². The predicted molar refractivity (Wildman–Crippen MR) is 114 cm³/mol. The SMILES string of the molecule is CC1CC=Cc2c1sc1cc3[nH]c4ccc(-c5cccnc5)nc4c3cc21. The standard InChI is InChI=1S/C23H17N3S/c1-13-4-2-6-15-16-10-17-20(11-21(16)27-23(13)15)25-19-8-7-18(26-22(17)19)14-5-3-9-24-12-14/h2-3,5-13,25H,4H2,1H3. The smallest absolute Gasteiger partial charge is 0.0965 e. The summed E-state index contributed by atoms with van der Waals surface area (Å²) in [5, 5.41) is 2.54. The predicted octanol–water partition coefficient (Wildman–Crippen LogP) is 6.51. The first-order chi connectivity index (χ1) is 13.3. The molecule has 0 amide bonds. The van der Waals surface area contributed by atoms with Crippen LogP contribution in [0.2, 0.25) is 0 Å². The molecule has 1 aliphatic carbocycles. The van der Waals surface area contributed by atoms with Crippen LogP contribution in [-0.2, 0) is 0 Å². The number of allylic oxidation sites excluding steroid dienone is 1. The number of aromatic nitrogens is 3. The number of pyridine rings is 2. The highest BCUT2D eigenvalue weighted by atomic mass is 32.1. The monoisotopic (exact) mass is 367 g/mol. The van der Waals surface area contributed by atoms with E-state index in [1.165, 1.54) is 25.9 Å². The number of thiophene rings is 1. The molecule has 0 saturated heterocycles. The quantitative estimate of drug-likeness (QED) is 0.367. The van der Waals surface area contributed by atoms with Crippen LogP contribution in [0.25, 0.3) is 49.4 Å². The number of fused-ring (bicyclic) bond motifs is 6. The summed E-state index contributed by atoms with van der Waals surface area (Å²) in [6.45, 7) is 2.32. The fourth-order valence-electron chi connectivity index (χ4n) is 4.10. The van der Waals surface area contributed by atoms with Crippen molar-refractivity contribution in [3.8, 4) is 11.3 Å². The molecule has 0 fully saturated rings. The topological polar surface area (TPSA) is 41.6 Å². The zero-order chi connectivity index (χ0) is 18.0. The summed E-state index contributed by atoms with van der Waals surface area (Å²) in [4.78, 5) is 14.3. The van der Waals surface area contributed by atoms with Crippen LogP contribution in [0.1, 0.15) is 29.7 Å². The molecule has 0 saturated carbocycles. The molecule has 1 atom stereocenters. The number of aromatic amines is 1. The van der Waals surface area contributed by atoms with Gasteiger partial charge in [-0.15, -0.1) is 11.3 Å². The Labute approximate surface area is 160 Å². The molecular weight excluding hydrogens is 350 g/mol. The Balaban J connectivity index is 1.65. The van der Waals surface area contributed by atoms with Crippen LogP contribution in [0.4, 0.5) is 0 Å². The van der Waals surface area contributed by atoms with Crippen LogP contribution in [0.5, 0.6) is 0 Å². The van der Waals surface area contributed by atoms with Crippen LogP contribution in [0.3, 0.4) is 0 Å². The molecule has 1 aromatic carbocycles. The van der Waals surface area contributed by atoms with E-state index in [0.717, 1.165) is 34.2 Å². The molecule has 3 nitrogen and oxygen atoms in total. The summed E-state index contributed by atoms with van der Waals surface area (Å²) in [5.41, 5.74) is 6.66. The molecule has 1 unspecified atom stereocenters. The highest BCUT2D eigenvalue weighted by Gasteiger charge is 2.19. The molecule has 0 aliphatic heterocycles. The van der Waals surface area contributed by atoms with E-state index in [2.05, 4.69) is 59.4 Å². The molecular formula is C23H17N3S. The van der Waals surface area contributed by atoms with Crippen molar-refractivity contribution in [1.29, 1.82) is 0 Å². The molecule has 0 bridgehead atoms. The Bertz CT molecular complexity index is 1360. The minimum Gasteiger partial charge on any atom is -0.353 e. The van der Waals surface area contributed by atoms with Gasteiger partial charge in [0.15, 0.2) is 0 Å². The Morgan fingerprint density at radius 3 is 2.96 bits per heavy atom. The number of nitrogens with zero attached hydrogens (tertiary/aromatic N) is 2. The van der Waals surface area contributed by atoms with Gasteiger partial charge < -0.3 is 4.98 Å². The van der Waals surface area contributed by atoms with Crippen molar-refractivity contribution in [2.24, 2.45) is 0 Å². The van der Waals surface area contributed by atoms with Gasteiger partial charge in [0.05, 0.1) is 16.7 Å². The van der Waals surface area contributed by atoms with Gasteiger partial charge in [-0.2, -0.15) is 0 Å². The summed E-state index contributed by atoms with van der Waals surface area (Å²) < 4.78 is 1.35. The lowest BCUT2D eigenvalue weighted by atomic mass is 9.94. The van der Waals surface area contributed by atoms with E-state index in [9.17, 15) is 0 Å². The fourth-order valence-corrected chi connectivity index (χ4v) is 5.38. The van der Waals surface area contributed by atoms with Gasteiger partial charge in [0.2, 0.25) is 0 Å². The third kappa shape index (κ3) is 2.20. The largest absolute Gasteiger partial charge is 0.353 e. The number of H-pyrrole nitrogens is 1. The Morgan fingerprint density at radius 2 is 2.07 bits per heavy atom. The van der Waals surface area contributed by atoms with Gasteiger partial charge in [0.25, 0.3) is 0 Å². The number of hydrogen-bond acceptors (Lipinski definition) is 3. The molecule has 4 heteroatoms. The van der Waals surface area contributed by atoms with Crippen LogP contribution >= 0.6 is 11.3 Å². The third-order valence-corrected chi connectivity index (χ3v) is 6.89. The summed E-state index contributed by atoms with van der Waals surface area (Å²) in [5.74, 6) is 0.604. The van der Waals surface area contributed by atoms with Gasteiger partial charge in [-0.1, -0.05) is 19.1 Å². The molecule has 6 rings (SSSR count). The summed E-state index contributed by atoms with van der Waals surface area (Å²) in [6.07, 6.45) is 9.39. The van der Waals surface area contributed by atoms with Crippen molar-refractivity contribution < 1.29 is 0 Å². The van der Waals surface area contributed by atoms with Gasteiger partial charge in [-0.25, -0.2) is 4.98 Å². The van der Waals surface area contributed by atoms with Crippen molar-refractivity contribution in [2.45, 2.75) is 19.3 Å². The summed E-state index contributed by atoms with van der Waals surface area (Å²) >= 11 is 1.93. The lowest BCUT2D eigenvalue weighted by Crippen LogP contribution is -1.94. The maximum atomic E-state index is 4.97. The highest BCUT2D eigenvalue weighted by Crippen LogP contribution is 2.43. The van der Waals surface area contributed by atoms with Crippen molar-refractivity contribution >= 4 is 49.4 Å². The number of hydrogen-bond donors (Lipinski definition) is 1.